The van der Waals surface area contributed by atoms with Crippen molar-refractivity contribution >= 4 is 40.4 Å². The Balaban J connectivity index is 1.75. The van der Waals surface area contributed by atoms with Crippen LogP contribution in [0.25, 0.3) is 11.3 Å². The monoisotopic (exact) mass is 426 g/mol. The molecule has 1 atom stereocenters. The molecule has 9 heteroatoms. The molecule has 0 aliphatic heterocycles. The van der Waals surface area contributed by atoms with E-state index in [1.807, 2.05) is 0 Å². The second-order valence-corrected chi connectivity index (χ2v) is 8.06. The maximum Gasteiger partial charge on any atom is 0.261 e. The smallest absolute Gasteiger partial charge is 0.261 e. The first-order valence-electron chi connectivity index (χ1n) is 8.11. The summed E-state index contributed by atoms with van der Waals surface area (Å²) in [6, 6.07) is 7.52. The van der Waals surface area contributed by atoms with Crippen LogP contribution in [-0.2, 0) is 13.5 Å². The number of aromatic nitrogens is 2. The summed E-state index contributed by atoms with van der Waals surface area (Å²) in [4.78, 5) is 13.1. The predicted molar refractivity (Wildman–Crippen MR) is 107 cm³/mol. The van der Waals surface area contributed by atoms with Gasteiger partial charge in [0.2, 0.25) is 0 Å². The number of benzene rings is 1. The Morgan fingerprint density at radius 3 is 2.67 bits per heavy atom. The first kappa shape index (κ1) is 19.8. The van der Waals surface area contributed by atoms with Crippen molar-refractivity contribution in [2.75, 3.05) is 6.54 Å². The van der Waals surface area contributed by atoms with E-state index in [0.717, 1.165) is 16.9 Å². The zero-order valence-electron chi connectivity index (χ0n) is 14.4. The van der Waals surface area contributed by atoms with E-state index in [9.17, 15) is 9.18 Å². The lowest BCUT2D eigenvalue weighted by atomic mass is 10.1. The molecule has 1 amide bonds. The summed E-state index contributed by atoms with van der Waals surface area (Å²) in [5, 5.41) is 7.45. The summed E-state index contributed by atoms with van der Waals surface area (Å²) in [6.07, 6.45) is 2.03. The molecule has 142 valence electrons. The lowest BCUT2D eigenvalue weighted by Gasteiger charge is -2.16. The van der Waals surface area contributed by atoms with E-state index in [1.165, 1.54) is 18.3 Å². The average Bonchev–Trinajstić information content (AvgIpc) is 3.18. The van der Waals surface area contributed by atoms with Gasteiger partial charge in [-0.15, -0.1) is 11.3 Å². The molecule has 1 aromatic carbocycles. The first-order chi connectivity index (χ1) is 12.9. The number of carbonyl (C=O) groups excluding carboxylic acids is 1. The second kappa shape index (κ2) is 8.39. The molecule has 0 aliphatic rings. The summed E-state index contributed by atoms with van der Waals surface area (Å²) in [7, 11) is 1.75. The van der Waals surface area contributed by atoms with Gasteiger partial charge in [0, 0.05) is 25.2 Å². The highest BCUT2D eigenvalue weighted by Crippen LogP contribution is 2.38. The molecule has 0 fully saturated rings. The number of hydrogen-bond acceptors (Lipinski definition) is 4. The van der Waals surface area contributed by atoms with Crippen LogP contribution in [0.3, 0.4) is 0 Å². The molecule has 2 heterocycles. The van der Waals surface area contributed by atoms with Crippen molar-refractivity contribution in [1.82, 2.24) is 15.1 Å². The Morgan fingerprint density at radius 1 is 1.37 bits per heavy atom. The Kier molecular flexibility index (Phi) is 6.16. The zero-order chi connectivity index (χ0) is 19.6. The van der Waals surface area contributed by atoms with Crippen LogP contribution in [0.4, 0.5) is 4.39 Å². The highest BCUT2D eigenvalue weighted by Gasteiger charge is 2.21. The molecular weight excluding hydrogens is 410 g/mol. The van der Waals surface area contributed by atoms with Gasteiger partial charge in [0.1, 0.15) is 10.2 Å². The van der Waals surface area contributed by atoms with Gasteiger partial charge in [-0.05, 0) is 30.2 Å². The number of nitrogens with two attached hydrogens (primary N) is 1. The van der Waals surface area contributed by atoms with Crippen LogP contribution in [-0.4, -0.2) is 28.3 Å². The SMILES string of the molecule is Cn1ncc(Cl)c1-c1cc(C(=O)N[C@H](CN)Cc2ccc(F)cc2)sc1Cl. The number of amides is 1. The molecular formula is C18H17Cl2FN4OS. The summed E-state index contributed by atoms with van der Waals surface area (Å²) >= 11 is 13.6. The quantitative estimate of drug-likeness (QED) is 0.627. The fraction of sp³-hybridized carbons (Fsp3) is 0.222. The van der Waals surface area contributed by atoms with Crippen LogP contribution >= 0.6 is 34.5 Å². The van der Waals surface area contributed by atoms with Crippen molar-refractivity contribution in [3.05, 3.63) is 62.1 Å². The van der Waals surface area contributed by atoms with Gasteiger partial charge < -0.3 is 11.1 Å². The highest BCUT2D eigenvalue weighted by atomic mass is 35.5. The first-order valence-corrected chi connectivity index (χ1v) is 9.69. The third-order valence-corrected chi connectivity index (χ3v) is 5.71. The minimum Gasteiger partial charge on any atom is -0.347 e. The van der Waals surface area contributed by atoms with Crippen molar-refractivity contribution in [2.45, 2.75) is 12.5 Å². The molecule has 0 bridgehead atoms. The van der Waals surface area contributed by atoms with Crippen molar-refractivity contribution in [3.63, 3.8) is 0 Å². The third-order valence-electron chi connectivity index (χ3n) is 4.07. The van der Waals surface area contributed by atoms with Crippen molar-refractivity contribution in [3.8, 4) is 11.3 Å². The molecule has 0 saturated carbocycles. The molecule has 27 heavy (non-hydrogen) atoms. The molecule has 0 saturated heterocycles. The van der Waals surface area contributed by atoms with Crippen molar-refractivity contribution < 1.29 is 9.18 Å². The number of hydrogen-bond donors (Lipinski definition) is 2. The van der Waals surface area contributed by atoms with E-state index in [2.05, 4.69) is 10.4 Å². The predicted octanol–water partition coefficient (Wildman–Crippen LogP) is 3.89. The van der Waals surface area contributed by atoms with E-state index in [-0.39, 0.29) is 24.3 Å². The Hall–Kier alpha value is -1.93. The highest BCUT2D eigenvalue weighted by molar-refractivity contribution is 7.18. The number of thiophene rings is 1. The molecule has 3 aromatic rings. The van der Waals surface area contributed by atoms with Crippen LogP contribution in [0.15, 0.2) is 36.5 Å². The minimum atomic E-state index is -0.304. The Morgan fingerprint density at radius 2 is 2.07 bits per heavy atom. The molecule has 5 nitrogen and oxygen atoms in total. The van der Waals surface area contributed by atoms with Gasteiger partial charge in [-0.1, -0.05) is 35.3 Å². The van der Waals surface area contributed by atoms with Crippen LogP contribution in [0.2, 0.25) is 9.36 Å². The van der Waals surface area contributed by atoms with E-state index < -0.39 is 0 Å². The number of carbonyl (C=O) groups is 1. The zero-order valence-corrected chi connectivity index (χ0v) is 16.7. The molecule has 0 unspecified atom stereocenters. The maximum absolute atomic E-state index is 13.0. The lowest BCUT2D eigenvalue weighted by Crippen LogP contribution is -2.41. The summed E-state index contributed by atoms with van der Waals surface area (Å²) < 4.78 is 15.1. The summed E-state index contributed by atoms with van der Waals surface area (Å²) in [5.74, 6) is -0.578. The van der Waals surface area contributed by atoms with E-state index in [4.69, 9.17) is 28.9 Å². The third kappa shape index (κ3) is 4.50. The van der Waals surface area contributed by atoms with E-state index >= 15 is 0 Å². The van der Waals surface area contributed by atoms with Crippen LogP contribution < -0.4 is 11.1 Å². The van der Waals surface area contributed by atoms with Gasteiger partial charge in [0.25, 0.3) is 5.91 Å². The largest absolute Gasteiger partial charge is 0.347 e. The van der Waals surface area contributed by atoms with Gasteiger partial charge in [0.05, 0.1) is 21.8 Å². The average molecular weight is 427 g/mol. The van der Waals surface area contributed by atoms with Crippen LogP contribution in [0, 0.1) is 5.82 Å². The molecule has 0 radical (unpaired) electrons. The minimum absolute atomic E-state index is 0.253. The topological polar surface area (TPSA) is 72.9 Å². The van der Waals surface area contributed by atoms with Gasteiger partial charge >= 0.3 is 0 Å². The fourth-order valence-electron chi connectivity index (χ4n) is 2.71. The maximum atomic E-state index is 13.0. The van der Waals surface area contributed by atoms with Gasteiger partial charge in [-0.3, -0.25) is 9.48 Å². The number of nitrogens with zero attached hydrogens (tertiary/aromatic N) is 2. The number of rotatable bonds is 6. The molecule has 3 N–H and O–H groups in total. The normalized spacial score (nSPS) is 12.2. The van der Waals surface area contributed by atoms with Gasteiger partial charge in [0.15, 0.2) is 0 Å². The number of aryl methyl sites for hydroxylation is 1. The standard InChI is InChI=1S/C18H17Cl2FN4OS/c1-25-16(14(19)9-23-25)13-7-15(27-17(13)20)18(26)24-12(8-22)6-10-2-4-11(21)5-3-10/h2-5,7,9,12H,6,8,22H2,1H3,(H,24,26)/t12-/m0/s1. The molecule has 3 rings (SSSR count). The fourth-order valence-corrected chi connectivity index (χ4v) is 4.16. The van der Waals surface area contributed by atoms with E-state index in [0.29, 0.717) is 31.9 Å². The summed E-state index contributed by atoms with van der Waals surface area (Å²) in [5.41, 5.74) is 7.98. The van der Waals surface area contributed by atoms with Gasteiger partial charge in [-0.2, -0.15) is 5.10 Å². The number of nitrogens with one attached hydrogen (secondary N) is 1. The molecule has 2 aromatic heterocycles. The number of halogens is 3. The van der Waals surface area contributed by atoms with E-state index in [1.54, 1.807) is 29.9 Å². The molecule has 0 spiro atoms. The summed E-state index contributed by atoms with van der Waals surface area (Å²) in [6.45, 7) is 0.253. The Labute approximate surface area is 169 Å². The van der Waals surface area contributed by atoms with Gasteiger partial charge in [-0.25, -0.2) is 4.39 Å². The van der Waals surface area contributed by atoms with Crippen LogP contribution in [0.5, 0.6) is 0 Å². The lowest BCUT2D eigenvalue weighted by molar-refractivity contribution is 0.0942. The van der Waals surface area contributed by atoms with Crippen molar-refractivity contribution in [2.24, 2.45) is 12.8 Å². The van der Waals surface area contributed by atoms with Crippen molar-refractivity contribution in [1.29, 1.82) is 0 Å². The molecule has 0 aliphatic carbocycles. The Bertz CT molecular complexity index is 935. The second-order valence-electron chi connectivity index (χ2n) is 6.00. The van der Waals surface area contributed by atoms with Crippen LogP contribution in [0.1, 0.15) is 15.2 Å².